The van der Waals surface area contributed by atoms with Gasteiger partial charge in [0.1, 0.15) is 28.8 Å². The van der Waals surface area contributed by atoms with Crippen LogP contribution in [0.3, 0.4) is 0 Å². The molecule has 0 saturated carbocycles. The highest BCUT2D eigenvalue weighted by Crippen LogP contribution is 2.35. The maximum absolute atomic E-state index is 13.5. The number of aliphatic hydroxyl groups is 1. The highest BCUT2D eigenvalue weighted by atomic mass is 16.5. The number of carbonyl (C=O) groups excluding carboxylic acids is 2. The van der Waals surface area contributed by atoms with E-state index in [0.717, 1.165) is 24.9 Å². The molecule has 0 radical (unpaired) electrons. The molecule has 2 unspecified atom stereocenters. The number of piperidine rings is 1. The minimum absolute atomic E-state index is 0.129. The summed E-state index contributed by atoms with van der Waals surface area (Å²) >= 11 is 0. The second kappa shape index (κ2) is 11.5. The molecular weight excluding hydrogens is 470 g/mol. The predicted molar refractivity (Wildman–Crippen MR) is 141 cm³/mol. The number of piperazine rings is 1. The number of phenolic OH excluding ortho intramolecular Hbond substituents is 1. The fourth-order valence-corrected chi connectivity index (χ4v) is 5.24. The van der Waals surface area contributed by atoms with Crippen molar-refractivity contribution >= 4 is 11.8 Å². The number of likely N-dealkylation sites (tertiary alicyclic amines) is 1. The van der Waals surface area contributed by atoms with Gasteiger partial charge in [0.25, 0.3) is 0 Å². The van der Waals surface area contributed by atoms with Crippen molar-refractivity contribution in [3.05, 3.63) is 54.1 Å². The van der Waals surface area contributed by atoms with Crippen molar-refractivity contribution in [2.45, 2.75) is 70.7 Å². The van der Waals surface area contributed by atoms with Gasteiger partial charge in [-0.1, -0.05) is 39.3 Å². The van der Waals surface area contributed by atoms with Gasteiger partial charge in [0.2, 0.25) is 11.8 Å². The normalized spacial score (nSPS) is 20.8. The third-order valence-electron chi connectivity index (χ3n) is 7.60. The molecule has 0 aromatic heterocycles. The van der Waals surface area contributed by atoms with Crippen LogP contribution in [0.25, 0.3) is 0 Å². The first-order chi connectivity index (χ1) is 17.7. The van der Waals surface area contributed by atoms with Gasteiger partial charge in [-0.3, -0.25) is 14.5 Å². The molecule has 200 valence electrons. The lowest BCUT2D eigenvalue weighted by Crippen LogP contribution is -2.74. The summed E-state index contributed by atoms with van der Waals surface area (Å²) < 4.78 is 5.84. The van der Waals surface area contributed by atoms with Gasteiger partial charge in [-0.05, 0) is 67.1 Å². The Morgan fingerprint density at radius 3 is 2.19 bits per heavy atom. The first-order valence-corrected chi connectivity index (χ1v) is 13.3. The summed E-state index contributed by atoms with van der Waals surface area (Å²) in [6, 6.07) is 13.6. The number of aliphatic hydroxyl groups excluding tert-OH is 1. The minimum Gasteiger partial charge on any atom is -0.508 e. The van der Waals surface area contributed by atoms with Gasteiger partial charge in [0.05, 0.1) is 6.10 Å². The third-order valence-corrected chi connectivity index (χ3v) is 7.60. The highest BCUT2D eigenvalue weighted by molar-refractivity contribution is 6.00. The van der Waals surface area contributed by atoms with E-state index in [1.807, 2.05) is 38.1 Å². The van der Waals surface area contributed by atoms with Gasteiger partial charge in [0, 0.05) is 26.2 Å². The van der Waals surface area contributed by atoms with E-state index in [9.17, 15) is 19.8 Å². The van der Waals surface area contributed by atoms with E-state index in [0.29, 0.717) is 44.0 Å². The minimum atomic E-state index is -0.904. The second-order valence-corrected chi connectivity index (χ2v) is 10.6. The molecule has 2 fully saturated rings. The van der Waals surface area contributed by atoms with E-state index in [1.54, 1.807) is 29.2 Å². The lowest BCUT2D eigenvalue weighted by Gasteiger charge is -2.52. The van der Waals surface area contributed by atoms with E-state index in [4.69, 9.17) is 4.74 Å². The van der Waals surface area contributed by atoms with Gasteiger partial charge in [-0.25, -0.2) is 0 Å². The highest BCUT2D eigenvalue weighted by Gasteiger charge is 2.54. The summed E-state index contributed by atoms with van der Waals surface area (Å²) in [5.74, 6) is 1.14. The molecule has 8 nitrogen and oxygen atoms in total. The Morgan fingerprint density at radius 1 is 1.03 bits per heavy atom. The summed E-state index contributed by atoms with van der Waals surface area (Å²) in [5, 5.41) is 22.9. The number of nitrogens with one attached hydrogen (secondary N) is 1. The molecule has 4 rings (SSSR count). The lowest BCUT2D eigenvalue weighted by molar-refractivity contribution is -0.165. The zero-order valence-electron chi connectivity index (χ0n) is 22.0. The Kier molecular flexibility index (Phi) is 8.39. The molecule has 2 atom stereocenters. The molecule has 2 saturated heterocycles. The van der Waals surface area contributed by atoms with Crippen LogP contribution in [0.5, 0.6) is 17.2 Å². The molecule has 0 bridgehead atoms. The quantitative estimate of drug-likeness (QED) is 0.477. The molecule has 0 aliphatic carbocycles. The van der Waals surface area contributed by atoms with Crippen molar-refractivity contribution in [3.8, 4) is 17.2 Å². The molecule has 2 aliphatic heterocycles. The fourth-order valence-electron chi connectivity index (χ4n) is 5.24. The van der Waals surface area contributed by atoms with Crippen LogP contribution < -0.4 is 10.1 Å². The van der Waals surface area contributed by atoms with E-state index in [-0.39, 0.29) is 23.5 Å². The number of unbranched alkanes of at least 4 members (excludes halogenated alkanes) is 1. The van der Waals surface area contributed by atoms with Crippen molar-refractivity contribution in [2.24, 2.45) is 5.92 Å². The van der Waals surface area contributed by atoms with E-state index >= 15 is 0 Å². The van der Waals surface area contributed by atoms with Crippen molar-refractivity contribution < 1.29 is 24.5 Å². The molecule has 8 heteroatoms. The molecule has 37 heavy (non-hydrogen) atoms. The number of amides is 2. The van der Waals surface area contributed by atoms with Crippen LogP contribution in [0.2, 0.25) is 0 Å². The average Bonchev–Trinajstić information content (AvgIpc) is 2.89. The number of hydrogen-bond acceptors (Lipinski definition) is 6. The summed E-state index contributed by atoms with van der Waals surface area (Å²) in [6.45, 7) is 8.47. The number of aromatic hydroxyl groups is 1. The Labute approximate surface area is 219 Å². The smallest absolute Gasteiger partial charge is 0.248 e. The van der Waals surface area contributed by atoms with Crippen molar-refractivity contribution in [3.63, 3.8) is 0 Å². The number of nitrogens with zero attached hydrogens (tertiary/aromatic N) is 2. The number of benzene rings is 2. The molecule has 2 aromatic carbocycles. The van der Waals surface area contributed by atoms with Crippen LogP contribution in [0.15, 0.2) is 48.5 Å². The van der Waals surface area contributed by atoms with E-state index in [1.165, 1.54) is 0 Å². The molecule has 3 N–H and O–H groups in total. The van der Waals surface area contributed by atoms with Crippen molar-refractivity contribution in [2.75, 3.05) is 19.6 Å². The molecule has 2 amide bonds. The lowest BCUT2D eigenvalue weighted by atomic mass is 9.80. The second-order valence-electron chi connectivity index (χ2n) is 10.6. The number of ether oxygens (including phenoxy) is 1. The molecule has 2 aromatic rings. The Balaban J connectivity index is 1.39. The molecule has 2 aliphatic rings. The van der Waals surface area contributed by atoms with Crippen LogP contribution in [0.1, 0.15) is 52.0 Å². The van der Waals surface area contributed by atoms with Crippen LogP contribution in [-0.2, 0) is 16.1 Å². The summed E-state index contributed by atoms with van der Waals surface area (Å²) in [5.41, 5.74) is 0.291. The van der Waals surface area contributed by atoms with Gasteiger partial charge < -0.3 is 25.2 Å². The number of rotatable bonds is 9. The maximum Gasteiger partial charge on any atom is 0.248 e. The van der Waals surface area contributed by atoms with Crippen LogP contribution in [-0.4, -0.2) is 69.1 Å². The Morgan fingerprint density at radius 2 is 1.62 bits per heavy atom. The van der Waals surface area contributed by atoms with E-state index in [2.05, 4.69) is 17.1 Å². The molecule has 1 spiro atoms. The van der Waals surface area contributed by atoms with E-state index < -0.39 is 17.7 Å². The summed E-state index contributed by atoms with van der Waals surface area (Å²) in [6.07, 6.45) is 1.99. The first kappa shape index (κ1) is 26.9. The van der Waals surface area contributed by atoms with Crippen molar-refractivity contribution in [1.29, 1.82) is 0 Å². The van der Waals surface area contributed by atoms with Crippen LogP contribution in [0, 0.1) is 5.92 Å². The van der Waals surface area contributed by atoms with Crippen molar-refractivity contribution in [1.82, 2.24) is 15.1 Å². The first-order valence-electron chi connectivity index (χ1n) is 13.3. The van der Waals surface area contributed by atoms with Crippen LogP contribution >= 0.6 is 0 Å². The third kappa shape index (κ3) is 5.91. The standard InChI is InChI=1S/C29H39N3O5/c1-4-5-16-32-27(35)25(26(34)20(2)3)30-28(36)29(32)14-17-31(18-15-29)19-21-6-10-23(11-7-21)37-24-12-8-22(33)9-13-24/h6-13,20,25-26,33-34H,4-5,14-19H2,1-3H3,(H,30,36). The Bertz CT molecular complexity index is 1060. The summed E-state index contributed by atoms with van der Waals surface area (Å²) in [4.78, 5) is 31.0. The monoisotopic (exact) mass is 509 g/mol. The largest absolute Gasteiger partial charge is 0.508 e. The average molecular weight is 510 g/mol. The molecular formula is C29H39N3O5. The molecule has 2 heterocycles. The number of phenols is 1. The predicted octanol–water partition coefficient (Wildman–Crippen LogP) is 3.66. The number of hydrogen-bond donors (Lipinski definition) is 3. The number of carbonyl (C=O) groups is 2. The van der Waals surface area contributed by atoms with Gasteiger partial charge in [0.15, 0.2) is 0 Å². The maximum atomic E-state index is 13.5. The van der Waals surface area contributed by atoms with Crippen LogP contribution in [0.4, 0.5) is 0 Å². The Hall–Kier alpha value is -3.10. The fraction of sp³-hybridized carbons (Fsp3) is 0.517. The van der Waals surface area contributed by atoms with Gasteiger partial charge >= 0.3 is 0 Å². The zero-order chi connectivity index (χ0) is 26.6. The zero-order valence-corrected chi connectivity index (χ0v) is 22.0. The van der Waals surface area contributed by atoms with Gasteiger partial charge in [-0.15, -0.1) is 0 Å². The SMILES string of the molecule is CCCCN1C(=O)C(C(O)C(C)C)NC(=O)C12CCN(Cc1ccc(Oc3ccc(O)cc3)cc1)CC2. The summed E-state index contributed by atoms with van der Waals surface area (Å²) in [7, 11) is 0. The topological polar surface area (TPSA) is 102 Å². The van der Waals surface area contributed by atoms with Gasteiger partial charge in [-0.2, -0.15) is 0 Å².